The summed E-state index contributed by atoms with van der Waals surface area (Å²) in [5, 5.41) is 6.96. The number of hydrogen-bond donors (Lipinski definition) is 2. The molecule has 1 aromatic heterocycles. The molecule has 0 aliphatic heterocycles. The first kappa shape index (κ1) is 9.98. The Bertz CT molecular complexity index is 507. The van der Waals surface area contributed by atoms with Crippen LogP contribution in [0.15, 0.2) is 18.2 Å². The van der Waals surface area contributed by atoms with Crippen molar-refractivity contribution in [2.45, 2.75) is 6.92 Å². The van der Waals surface area contributed by atoms with Gasteiger partial charge in [-0.25, -0.2) is 4.39 Å². The van der Waals surface area contributed by atoms with Crippen LogP contribution in [0.3, 0.4) is 0 Å². The quantitative estimate of drug-likeness (QED) is 0.784. The molecule has 1 aromatic carbocycles. The molecule has 1 heterocycles. The van der Waals surface area contributed by atoms with E-state index in [4.69, 9.17) is 17.3 Å². The predicted molar refractivity (Wildman–Crippen MR) is 58.1 cm³/mol. The lowest BCUT2D eigenvalue weighted by Gasteiger charge is -2.02. The summed E-state index contributed by atoms with van der Waals surface area (Å²) in [6.07, 6.45) is 0. The third-order valence-electron chi connectivity index (χ3n) is 2.25. The lowest BCUT2D eigenvalue weighted by atomic mass is 10.1. The van der Waals surface area contributed by atoms with E-state index >= 15 is 0 Å². The van der Waals surface area contributed by atoms with Crippen LogP contribution in [-0.2, 0) is 0 Å². The normalized spacial score (nSPS) is 10.6. The number of nitrogens with two attached hydrogens (primary N) is 1. The first-order valence-electron chi connectivity index (χ1n) is 4.35. The fourth-order valence-electron chi connectivity index (χ4n) is 1.36. The van der Waals surface area contributed by atoms with Crippen LogP contribution in [0.4, 0.5) is 10.2 Å². The Hall–Kier alpha value is -1.55. The van der Waals surface area contributed by atoms with Crippen LogP contribution in [0.25, 0.3) is 11.3 Å². The van der Waals surface area contributed by atoms with E-state index in [1.807, 2.05) is 0 Å². The van der Waals surface area contributed by atoms with E-state index in [0.717, 1.165) is 5.56 Å². The van der Waals surface area contributed by atoms with E-state index in [-0.39, 0.29) is 5.82 Å². The van der Waals surface area contributed by atoms with Crippen molar-refractivity contribution in [1.29, 1.82) is 0 Å². The number of hydrogen-bond acceptors (Lipinski definition) is 2. The fraction of sp³-hybridized carbons (Fsp3) is 0.100. The van der Waals surface area contributed by atoms with Gasteiger partial charge in [0.15, 0.2) is 0 Å². The van der Waals surface area contributed by atoms with Crippen LogP contribution >= 0.6 is 11.6 Å². The van der Waals surface area contributed by atoms with Crippen molar-refractivity contribution in [3.63, 3.8) is 0 Å². The Balaban J connectivity index is 2.63. The monoisotopic (exact) mass is 225 g/mol. The van der Waals surface area contributed by atoms with Gasteiger partial charge < -0.3 is 5.73 Å². The van der Waals surface area contributed by atoms with E-state index in [1.54, 1.807) is 6.92 Å². The molecule has 78 valence electrons. The number of nitrogen functional groups attached to an aromatic ring is 1. The number of aromatic amines is 1. The number of aromatic nitrogens is 2. The molecular formula is C10H9ClFN3. The highest BCUT2D eigenvalue weighted by molar-refractivity contribution is 6.30. The van der Waals surface area contributed by atoms with Crippen molar-refractivity contribution in [2.75, 3.05) is 5.73 Å². The Labute approximate surface area is 91.1 Å². The van der Waals surface area contributed by atoms with E-state index in [1.165, 1.54) is 18.2 Å². The van der Waals surface area contributed by atoms with Gasteiger partial charge in [0.1, 0.15) is 11.6 Å². The van der Waals surface area contributed by atoms with Gasteiger partial charge in [-0.3, -0.25) is 5.10 Å². The van der Waals surface area contributed by atoms with Gasteiger partial charge >= 0.3 is 0 Å². The number of nitrogens with zero attached hydrogens (tertiary/aromatic N) is 1. The highest BCUT2D eigenvalue weighted by Gasteiger charge is 2.12. The zero-order valence-corrected chi connectivity index (χ0v) is 8.77. The topological polar surface area (TPSA) is 54.7 Å². The molecular weight excluding hydrogens is 217 g/mol. The largest absolute Gasteiger partial charge is 0.382 e. The molecule has 0 saturated carbocycles. The average Bonchev–Trinajstić information content (AvgIpc) is 2.52. The van der Waals surface area contributed by atoms with Gasteiger partial charge in [0.25, 0.3) is 0 Å². The number of anilines is 1. The van der Waals surface area contributed by atoms with Crippen LogP contribution in [0.2, 0.25) is 5.02 Å². The zero-order valence-electron chi connectivity index (χ0n) is 8.01. The number of halogens is 2. The third-order valence-corrected chi connectivity index (χ3v) is 2.48. The van der Waals surface area contributed by atoms with Gasteiger partial charge in [-0.1, -0.05) is 11.6 Å². The van der Waals surface area contributed by atoms with Gasteiger partial charge in [-0.2, -0.15) is 5.10 Å². The fourth-order valence-corrected chi connectivity index (χ4v) is 1.54. The molecule has 0 unspecified atom stereocenters. The van der Waals surface area contributed by atoms with Gasteiger partial charge in [0, 0.05) is 16.1 Å². The lowest BCUT2D eigenvalue weighted by Crippen LogP contribution is -1.88. The molecule has 0 atom stereocenters. The molecule has 0 radical (unpaired) electrons. The second kappa shape index (κ2) is 3.55. The maximum absolute atomic E-state index is 13.5. The summed E-state index contributed by atoms with van der Waals surface area (Å²) in [6, 6.07) is 4.35. The predicted octanol–water partition coefficient (Wildman–Crippen LogP) is 2.76. The molecule has 0 fully saturated rings. The van der Waals surface area contributed by atoms with E-state index < -0.39 is 0 Å². The number of benzene rings is 1. The Morgan fingerprint density at radius 2 is 2.20 bits per heavy atom. The van der Waals surface area contributed by atoms with Crippen molar-refractivity contribution < 1.29 is 4.39 Å². The van der Waals surface area contributed by atoms with E-state index in [9.17, 15) is 4.39 Å². The summed E-state index contributed by atoms with van der Waals surface area (Å²) < 4.78 is 13.5. The molecule has 3 nitrogen and oxygen atoms in total. The Morgan fingerprint density at radius 1 is 1.47 bits per heavy atom. The van der Waals surface area contributed by atoms with Crippen LogP contribution in [0, 0.1) is 12.7 Å². The summed E-state index contributed by atoms with van der Waals surface area (Å²) in [7, 11) is 0. The second-order valence-electron chi connectivity index (χ2n) is 3.23. The number of H-pyrrole nitrogens is 1. The minimum Gasteiger partial charge on any atom is -0.382 e. The van der Waals surface area contributed by atoms with Crippen molar-refractivity contribution in [1.82, 2.24) is 10.2 Å². The molecule has 0 aliphatic carbocycles. The van der Waals surface area contributed by atoms with Crippen LogP contribution in [0.5, 0.6) is 0 Å². The highest BCUT2D eigenvalue weighted by Crippen LogP contribution is 2.28. The SMILES string of the molecule is Cc1c(N)n[nH]c1-c1cc(Cl)ccc1F. The standard InChI is InChI=1S/C10H9ClFN3/c1-5-9(14-15-10(5)13)7-4-6(11)2-3-8(7)12/h2-4H,1H3,(H3,13,14,15). The number of rotatable bonds is 1. The second-order valence-corrected chi connectivity index (χ2v) is 3.67. The van der Waals surface area contributed by atoms with Crippen molar-refractivity contribution in [3.8, 4) is 11.3 Å². The summed E-state index contributed by atoms with van der Waals surface area (Å²) in [6.45, 7) is 1.77. The molecule has 2 aromatic rings. The van der Waals surface area contributed by atoms with Crippen LogP contribution in [0.1, 0.15) is 5.56 Å². The van der Waals surface area contributed by atoms with Crippen molar-refractivity contribution in [2.24, 2.45) is 0 Å². The highest BCUT2D eigenvalue weighted by atomic mass is 35.5. The van der Waals surface area contributed by atoms with Gasteiger partial charge in [-0.15, -0.1) is 0 Å². The molecule has 0 aliphatic rings. The molecule has 0 amide bonds. The Morgan fingerprint density at radius 3 is 2.80 bits per heavy atom. The van der Waals surface area contributed by atoms with Gasteiger partial charge in [-0.05, 0) is 25.1 Å². The van der Waals surface area contributed by atoms with Crippen LogP contribution < -0.4 is 5.73 Å². The third kappa shape index (κ3) is 1.68. The van der Waals surface area contributed by atoms with Crippen molar-refractivity contribution >= 4 is 17.4 Å². The lowest BCUT2D eigenvalue weighted by molar-refractivity contribution is 0.630. The zero-order chi connectivity index (χ0) is 11.0. The smallest absolute Gasteiger partial charge is 0.148 e. The first-order valence-corrected chi connectivity index (χ1v) is 4.73. The Kier molecular flexibility index (Phi) is 2.36. The minimum absolute atomic E-state index is 0.355. The summed E-state index contributed by atoms with van der Waals surface area (Å²) in [5.74, 6) is 0.00975. The molecule has 0 saturated heterocycles. The molecule has 15 heavy (non-hydrogen) atoms. The van der Waals surface area contributed by atoms with Gasteiger partial charge in [0.05, 0.1) is 5.69 Å². The summed E-state index contributed by atoms with van der Waals surface area (Å²) in [5.41, 5.74) is 7.23. The first-order chi connectivity index (χ1) is 7.09. The van der Waals surface area contributed by atoms with Gasteiger partial charge in [0.2, 0.25) is 0 Å². The molecule has 3 N–H and O–H groups in total. The minimum atomic E-state index is -0.355. The maximum atomic E-state index is 13.5. The average molecular weight is 226 g/mol. The molecule has 0 bridgehead atoms. The summed E-state index contributed by atoms with van der Waals surface area (Å²) in [4.78, 5) is 0. The number of nitrogens with one attached hydrogen (secondary N) is 1. The molecule has 2 rings (SSSR count). The van der Waals surface area contributed by atoms with Crippen LogP contribution in [-0.4, -0.2) is 10.2 Å². The molecule has 0 spiro atoms. The summed E-state index contributed by atoms with van der Waals surface area (Å²) >= 11 is 5.79. The van der Waals surface area contributed by atoms with Crippen molar-refractivity contribution in [3.05, 3.63) is 34.6 Å². The van der Waals surface area contributed by atoms with E-state index in [0.29, 0.717) is 22.1 Å². The van der Waals surface area contributed by atoms with E-state index in [2.05, 4.69) is 10.2 Å². The molecule has 5 heteroatoms. The maximum Gasteiger partial charge on any atom is 0.148 e.